The first-order chi connectivity index (χ1) is 9.19. The summed E-state index contributed by atoms with van der Waals surface area (Å²) in [7, 11) is 0. The van der Waals surface area contributed by atoms with Crippen molar-refractivity contribution < 1.29 is 4.74 Å². The van der Waals surface area contributed by atoms with E-state index in [0.717, 1.165) is 25.2 Å². The van der Waals surface area contributed by atoms with Crippen LogP contribution in [0.15, 0.2) is 23.1 Å². The van der Waals surface area contributed by atoms with Crippen molar-refractivity contribution in [1.29, 1.82) is 0 Å². The van der Waals surface area contributed by atoms with Gasteiger partial charge in [0.05, 0.1) is 6.10 Å². The van der Waals surface area contributed by atoms with Gasteiger partial charge in [0, 0.05) is 23.3 Å². The van der Waals surface area contributed by atoms with Crippen LogP contribution in [0, 0.1) is 6.92 Å². The first-order valence-corrected chi connectivity index (χ1v) is 8.27. The van der Waals surface area contributed by atoms with Gasteiger partial charge in [-0.2, -0.15) is 0 Å². The number of benzene rings is 1. The fourth-order valence-corrected chi connectivity index (χ4v) is 3.44. The third-order valence-electron chi connectivity index (χ3n) is 3.78. The number of rotatable bonds is 6. The van der Waals surface area contributed by atoms with Crippen LogP contribution in [0.5, 0.6) is 0 Å². The van der Waals surface area contributed by atoms with Crippen molar-refractivity contribution in [2.45, 2.75) is 56.6 Å². The van der Waals surface area contributed by atoms with Crippen molar-refractivity contribution in [2.75, 3.05) is 12.4 Å². The Hall–Kier alpha value is -0.510. The van der Waals surface area contributed by atoms with E-state index in [9.17, 15) is 0 Å². The molecule has 2 nitrogen and oxygen atoms in total. The highest BCUT2D eigenvalue weighted by molar-refractivity contribution is 7.99. The third-order valence-corrected chi connectivity index (χ3v) is 4.91. The molecule has 0 radical (unpaired) electrons. The standard InChI is InChI=1S/C16H25NOS/c1-3-14(17)10-13-6-7-16(9-12(13)2)19-11-15-5-4-8-18-15/h6-7,9,14-15H,3-5,8,10-11,17H2,1-2H3. The SMILES string of the molecule is CCC(N)Cc1ccc(SCC2CCCO2)cc1C. The molecule has 106 valence electrons. The molecular formula is C16H25NOS. The highest BCUT2D eigenvalue weighted by Crippen LogP contribution is 2.26. The molecule has 2 rings (SSSR count). The molecule has 1 aromatic carbocycles. The lowest BCUT2D eigenvalue weighted by Gasteiger charge is -2.13. The Kier molecular flexibility index (Phi) is 5.74. The quantitative estimate of drug-likeness (QED) is 0.809. The molecule has 0 aliphatic carbocycles. The van der Waals surface area contributed by atoms with Crippen LogP contribution in [-0.4, -0.2) is 24.5 Å². The van der Waals surface area contributed by atoms with E-state index in [1.165, 1.54) is 28.9 Å². The summed E-state index contributed by atoms with van der Waals surface area (Å²) in [4.78, 5) is 1.35. The van der Waals surface area contributed by atoms with Gasteiger partial charge in [0.1, 0.15) is 0 Å². The molecule has 3 heteroatoms. The van der Waals surface area contributed by atoms with Gasteiger partial charge in [0.25, 0.3) is 0 Å². The second-order valence-electron chi connectivity index (χ2n) is 5.41. The number of nitrogens with two attached hydrogens (primary N) is 1. The minimum atomic E-state index is 0.282. The molecule has 2 unspecified atom stereocenters. The third kappa shape index (κ3) is 4.51. The summed E-state index contributed by atoms with van der Waals surface area (Å²) in [5, 5.41) is 0. The van der Waals surface area contributed by atoms with Gasteiger partial charge in [0.2, 0.25) is 0 Å². The van der Waals surface area contributed by atoms with Crippen LogP contribution >= 0.6 is 11.8 Å². The van der Waals surface area contributed by atoms with Crippen LogP contribution in [-0.2, 0) is 11.2 Å². The molecule has 1 aliphatic rings. The average molecular weight is 279 g/mol. The largest absolute Gasteiger partial charge is 0.377 e. The van der Waals surface area contributed by atoms with E-state index in [0.29, 0.717) is 6.10 Å². The second-order valence-corrected chi connectivity index (χ2v) is 6.50. The predicted molar refractivity (Wildman–Crippen MR) is 82.8 cm³/mol. The van der Waals surface area contributed by atoms with Crippen molar-refractivity contribution in [3.63, 3.8) is 0 Å². The first kappa shape index (κ1) is 14.9. The summed E-state index contributed by atoms with van der Waals surface area (Å²) in [5.74, 6) is 1.08. The maximum Gasteiger partial charge on any atom is 0.0669 e. The molecule has 1 fully saturated rings. The van der Waals surface area contributed by atoms with Gasteiger partial charge in [-0.15, -0.1) is 11.8 Å². The highest BCUT2D eigenvalue weighted by atomic mass is 32.2. The lowest BCUT2D eigenvalue weighted by molar-refractivity contribution is 0.129. The summed E-state index contributed by atoms with van der Waals surface area (Å²) in [6.07, 6.45) is 4.92. The Morgan fingerprint density at radius 1 is 1.47 bits per heavy atom. The van der Waals surface area contributed by atoms with Crippen LogP contribution in [0.3, 0.4) is 0 Å². The molecular weight excluding hydrogens is 254 g/mol. The normalized spacial score (nSPS) is 20.7. The van der Waals surface area contributed by atoms with E-state index in [4.69, 9.17) is 10.5 Å². The van der Waals surface area contributed by atoms with E-state index < -0.39 is 0 Å². The Balaban J connectivity index is 1.90. The molecule has 0 aromatic heterocycles. The maximum atomic E-state index is 6.03. The van der Waals surface area contributed by atoms with Gasteiger partial charge in [-0.25, -0.2) is 0 Å². The summed E-state index contributed by atoms with van der Waals surface area (Å²) in [6.45, 7) is 5.28. The molecule has 2 N–H and O–H groups in total. The number of aryl methyl sites for hydroxylation is 1. The van der Waals surface area contributed by atoms with Crippen LogP contribution < -0.4 is 5.73 Å². The average Bonchev–Trinajstić information content (AvgIpc) is 2.92. The second kappa shape index (κ2) is 7.32. The highest BCUT2D eigenvalue weighted by Gasteiger charge is 2.15. The van der Waals surface area contributed by atoms with Crippen LogP contribution in [0.25, 0.3) is 0 Å². The van der Waals surface area contributed by atoms with Gasteiger partial charge in [-0.3, -0.25) is 0 Å². The summed E-state index contributed by atoms with van der Waals surface area (Å²) in [6, 6.07) is 7.04. The van der Waals surface area contributed by atoms with Crippen LogP contribution in [0.2, 0.25) is 0 Å². The molecule has 2 atom stereocenters. The molecule has 0 bridgehead atoms. The van der Waals surface area contributed by atoms with E-state index in [-0.39, 0.29) is 6.04 Å². The molecule has 1 saturated heterocycles. The molecule has 1 aliphatic heterocycles. The summed E-state index contributed by atoms with van der Waals surface area (Å²) in [5.41, 5.74) is 8.78. The first-order valence-electron chi connectivity index (χ1n) is 7.28. The Bertz CT molecular complexity index is 402. The zero-order valence-electron chi connectivity index (χ0n) is 12.0. The fourth-order valence-electron chi connectivity index (χ4n) is 2.38. The maximum absolute atomic E-state index is 6.03. The lowest BCUT2D eigenvalue weighted by Crippen LogP contribution is -2.21. The predicted octanol–water partition coefficient (Wildman–Crippen LogP) is 3.55. The zero-order valence-corrected chi connectivity index (χ0v) is 12.8. The van der Waals surface area contributed by atoms with E-state index in [1.54, 1.807) is 0 Å². The van der Waals surface area contributed by atoms with Crippen LogP contribution in [0.1, 0.15) is 37.3 Å². The summed E-state index contributed by atoms with van der Waals surface area (Å²) < 4.78 is 5.66. The van der Waals surface area contributed by atoms with E-state index >= 15 is 0 Å². The van der Waals surface area contributed by atoms with Gasteiger partial charge < -0.3 is 10.5 Å². The number of hydrogen-bond acceptors (Lipinski definition) is 3. The lowest BCUT2D eigenvalue weighted by atomic mass is 10.0. The minimum absolute atomic E-state index is 0.282. The van der Waals surface area contributed by atoms with Gasteiger partial charge in [-0.1, -0.05) is 13.0 Å². The topological polar surface area (TPSA) is 35.2 Å². The Morgan fingerprint density at radius 2 is 2.32 bits per heavy atom. The monoisotopic (exact) mass is 279 g/mol. The van der Waals surface area contributed by atoms with Crippen molar-refractivity contribution in [3.8, 4) is 0 Å². The number of hydrogen-bond donors (Lipinski definition) is 1. The smallest absolute Gasteiger partial charge is 0.0669 e. The van der Waals surface area contributed by atoms with E-state index in [1.807, 2.05) is 11.8 Å². The van der Waals surface area contributed by atoms with Crippen LogP contribution in [0.4, 0.5) is 0 Å². The Labute approximate surface area is 121 Å². The van der Waals surface area contributed by atoms with Crippen molar-refractivity contribution in [2.24, 2.45) is 5.73 Å². The molecule has 0 spiro atoms. The zero-order chi connectivity index (χ0) is 13.7. The molecule has 1 heterocycles. The van der Waals surface area contributed by atoms with Crippen molar-refractivity contribution >= 4 is 11.8 Å². The molecule has 0 amide bonds. The molecule has 1 aromatic rings. The van der Waals surface area contributed by atoms with Crippen molar-refractivity contribution in [1.82, 2.24) is 0 Å². The Morgan fingerprint density at radius 3 is 2.95 bits per heavy atom. The van der Waals surface area contributed by atoms with Gasteiger partial charge in [-0.05, 0) is 55.9 Å². The van der Waals surface area contributed by atoms with Gasteiger partial charge >= 0.3 is 0 Å². The minimum Gasteiger partial charge on any atom is -0.377 e. The van der Waals surface area contributed by atoms with E-state index in [2.05, 4.69) is 32.0 Å². The van der Waals surface area contributed by atoms with Crippen molar-refractivity contribution in [3.05, 3.63) is 29.3 Å². The number of thioether (sulfide) groups is 1. The molecule has 0 saturated carbocycles. The fraction of sp³-hybridized carbons (Fsp3) is 0.625. The molecule has 19 heavy (non-hydrogen) atoms. The van der Waals surface area contributed by atoms with Gasteiger partial charge in [0.15, 0.2) is 0 Å². The number of ether oxygens (including phenoxy) is 1. The summed E-state index contributed by atoms with van der Waals surface area (Å²) >= 11 is 1.91.